The van der Waals surface area contributed by atoms with Crippen molar-refractivity contribution in [1.82, 2.24) is 14.8 Å². The number of carbonyl (C=O) groups is 2. The molecule has 1 N–H and O–H groups in total. The Morgan fingerprint density at radius 3 is 2.78 bits per heavy atom. The Kier molecular flexibility index (Phi) is 5.46. The summed E-state index contributed by atoms with van der Waals surface area (Å²) >= 11 is 0. The fraction of sp³-hybridized carbons (Fsp3) is 0.647. The Morgan fingerprint density at radius 2 is 2.17 bits per heavy atom. The molecule has 0 aliphatic carbocycles. The van der Waals surface area contributed by atoms with Crippen molar-refractivity contribution >= 4 is 11.9 Å². The van der Waals surface area contributed by atoms with Crippen molar-refractivity contribution < 1.29 is 14.3 Å². The molecule has 0 spiro atoms. The number of piperidine rings is 1. The quantitative estimate of drug-likeness (QED) is 0.866. The average molecular weight is 321 g/mol. The van der Waals surface area contributed by atoms with Gasteiger partial charge in [0, 0.05) is 25.3 Å². The van der Waals surface area contributed by atoms with Crippen LogP contribution in [0.25, 0.3) is 0 Å². The first-order chi connectivity index (χ1) is 10.8. The molecule has 2 rings (SSSR count). The van der Waals surface area contributed by atoms with Gasteiger partial charge >= 0.3 is 6.09 Å². The Bertz CT molecular complexity index is 534. The van der Waals surface area contributed by atoms with Crippen LogP contribution in [-0.2, 0) is 4.74 Å². The summed E-state index contributed by atoms with van der Waals surface area (Å²) < 4.78 is 5.44. The minimum atomic E-state index is -0.487. The molecule has 0 saturated carbocycles. The minimum Gasteiger partial charge on any atom is -0.444 e. The van der Waals surface area contributed by atoms with Gasteiger partial charge in [0.2, 0.25) is 0 Å². The number of hydrogen-bond acceptors (Lipinski definition) is 4. The number of aromatic amines is 1. The van der Waals surface area contributed by atoms with Crippen molar-refractivity contribution in [2.75, 3.05) is 26.7 Å². The van der Waals surface area contributed by atoms with Gasteiger partial charge in [-0.15, -0.1) is 0 Å². The van der Waals surface area contributed by atoms with Gasteiger partial charge in [0.05, 0.1) is 12.2 Å². The van der Waals surface area contributed by atoms with Gasteiger partial charge in [-0.3, -0.25) is 9.69 Å². The first-order valence-corrected chi connectivity index (χ1v) is 8.11. The number of rotatable bonds is 4. The third-order valence-corrected chi connectivity index (χ3v) is 3.96. The molecule has 1 aliphatic rings. The third kappa shape index (κ3) is 5.10. The van der Waals surface area contributed by atoms with Gasteiger partial charge in [-0.2, -0.15) is 0 Å². The highest BCUT2D eigenvalue weighted by atomic mass is 16.6. The number of hydrogen-bond donors (Lipinski definition) is 1. The predicted molar refractivity (Wildman–Crippen MR) is 88.6 cm³/mol. The van der Waals surface area contributed by atoms with E-state index in [1.165, 1.54) is 0 Å². The molecular formula is C17H27N3O3. The van der Waals surface area contributed by atoms with Crippen molar-refractivity contribution in [1.29, 1.82) is 0 Å². The predicted octanol–water partition coefficient (Wildman–Crippen LogP) is 2.53. The molecule has 0 unspecified atom stereocenters. The highest BCUT2D eigenvalue weighted by molar-refractivity contribution is 5.95. The third-order valence-electron chi connectivity index (χ3n) is 3.96. The molecule has 1 aromatic rings. The maximum absolute atomic E-state index is 12.2. The molecule has 1 aromatic heterocycles. The van der Waals surface area contributed by atoms with E-state index >= 15 is 0 Å². The number of ketones is 1. The lowest BCUT2D eigenvalue weighted by molar-refractivity contribution is 0.0129. The normalized spacial score (nSPS) is 19.0. The van der Waals surface area contributed by atoms with Crippen LogP contribution in [0.5, 0.6) is 0 Å². The molecule has 1 fully saturated rings. The van der Waals surface area contributed by atoms with E-state index in [9.17, 15) is 9.59 Å². The number of H-pyrrole nitrogens is 1. The van der Waals surface area contributed by atoms with Crippen LogP contribution in [0.4, 0.5) is 4.79 Å². The van der Waals surface area contributed by atoms with Gasteiger partial charge in [-0.05, 0) is 52.8 Å². The zero-order chi connectivity index (χ0) is 17.0. The number of Topliss-reactive ketones (excluding diaryl/α,β-unsaturated/α-hetero) is 1. The number of likely N-dealkylation sites (N-methyl/N-ethyl adjacent to an activating group) is 1. The van der Waals surface area contributed by atoms with Gasteiger partial charge in [0.15, 0.2) is 5.78 Å². The molecule has 6 nitrogen and oxygen atoms in total. The summed E-state index contributed by atoms with van der Waals surface area (Å²) in [4.78, 5) is 31.1. The summed E-state index contributed by atoms with van der Waals surface area (Å²) in [5.41, 5.74) is 0.135. The van der Waals surface area contributed by atoms with Crippen LogP contribution >= 0.6 is 0 Å². The number of nitrogens with zero attached hydrogens (tertiary/aromatic N) is 2. The molecule has 0 aromatic carbocycles. The van der Waals surface area contributed by atoms with Crippen molar-refractivity contribution in [3.8, 4) is 0 Å². The molecule has 0 radical (unpaired) electrons. The summed E-state index contributed by atoms with van der Waals surface area (Å²) in [6.45, 7) is 7.26. The van der Waals surface area contributed by atoms with E-state index in [-0.39, 0.29) is 17.9 Å². The second-order valence-corrected chi connectivity index (χ2v) is 7.14. The van der Waals surface area contributed by atoms with Gasteiger partial charge in [0.25, 0.3) is 0 Å². The average Bonchev–Trinajstić information content (AvgIpc) is 3.00. The molecule has 128 valence electrons. The number of ether oxygens (including phenoxy) is 1. The van der Waals surface area contributed by atoms with E-state index in [4.69, 9.17) is 4.74 Å². The Balaban J connectivity index is 1.90. The van der Waals surface area contributed by atoms with Crippen LogP contribution in [0.15, 0.2) is 18.3 Å². The summed E-state index contributed by atoms with van der Waals surface area (Å²) in [6, 6.07) is 3.78. The van der Waals surface area contributed by atoms with Gasteiger partial charge < -0.3 is 14.6 Å². The molecule has 23 heavy (non-hydrogen) atoms. The van der Waals surface area contributed by atoms with Crippen LogP contribution in [0.3, 0.4) is 0 Å². The minimum absolute atomic E-state index is 0.0619. The topological polar surface area (TPSA) is 65.6 Å². The van der Waals surface area contributed by atoms with E-state index in [1.54, 1.807) is 17.2 Å². The van der Waals surface area contributed by atoms with Crippen LogP contribution < -0.4 is 0 Å². The molecule has 6 heteroatoms. The van der Waals surface area contributed by atoms with Crippen LogP contribution in [-0.4, -0.2) is 65.0 Å². The molecular weight excluding hydrogens is 294 g/mol. The Morgan fingerprint density at radius 1 is 1.43 bits per heavy atom. The van der Waals surface area contributed by atoms with Crippen LogP contribution in [0.1, 0.15) is 44.1 Å². The number of carbonyl (C=O) groups excluding carboxylic acids is 2. The van der Waals surface area contributed by atoms with Gasteiger partial charge in [-0.1, -0.05) is 0 Å². The molecule has 1 amide bonds. The highest BCUT2D eigenvalue weighted by Gasteiger charge is 2.30. The van der Waals surface area contributed by atoms with Crippen molar-refractivity contribution in [3.63, 3.8) is 0 Å². The maximum atomic E-state index is 12.2. The second kappa shape index (κ2) is 7.17. The lowest BCUT2D eigenvalue weighted by atomic mass is 10.0. The summed E-state index contributed by atoms with van der Waals surface area (Å²) in [5, 5.41) is 0. The van der Waals surface area contributed by atoms with Gasteiger partial charge in [-0.25, -0.2) is 4.79 Å². The summed E-state index contributed by atoms with van der Waals surface area (Å²) in [6.07, 6.45) is 3.38. The molecule has 0 bridgehead atoms. The monoisotopic (exact) mass is 321 g/mol. The maximum Gasteiger partial charge on any atom is 0.410 e. The van der Waals surface area contributed by atoms with E-state index in [0.29, 0.717) is 25.3 Å². The number of nitrogens with one attached hydrogen (secondary N) is 1. The molecule has 2 heterocycles. The first kappa shape index (κ1) is 17.5. The van der Waals surface area contributed by atoms with E-state index in [1.807, 2.05) is 38.8 Å². The number of likely N-dealkylation sites (tertiary alicyclic amines) is 1. The second-order valence-electron chi connectivity index (χ2n) is 7.14. The Hall–Kier alpha value is -1.82. The van der Waals surface area contributed by atoms with E-state index in [0.717, 1.165) is 12.8 Å². The number of aromatic nitrogens is 1. The zero-order valence-corrected chi connectivity index (χ0v) is 14.5. The fourth-order valence-electron chi connectivity index (χ4n) is 2.75. The van der Waals surface area contributed by atoms with Gasteiger partial charge in [0.1, 0.15) is 5.60 Å². The summed E-state index contributed by atoms with van der Waals surface area (Å²) in [7, 11) is 1.93. The molecule has 1 saturated heterocycles. The lowest BCUT2D eigenvalue weighted by Crippen LogP contribution is -2.50. The van der Waals surface area contributed by atoms with Crippen LogP contribution in [0.2, 0.25) is 0 Å². The lowest BCUT2D eigenvalue weighted by Gasteiger charge is -2.37. The van der Waals surface area contributed by atoms with E-state index < -0.39 is 5.60 Å². The first-order valence-electron chi connectivity index (χ1n) is 8.11. The van der Waals surface area contributed by atoms with Crippen molar-refractivity contribution in [2.24, 2.45) is 0 Å². The number of amides is 1. The Labute approximate surface area is 137 Å². The summed E-state index contributed by atoms with van der Waals surface area (Å²) in [5.74, 6) is 0.0619. The van der Waals surface area contributed by atoms with Crippen molar-refractivity contribution in [3.05, 3.63) is 24.0 Å². The zero-order valence-electron chi connectivity index (χ0n) is 14.5. The largest absolute Gasteiger partial charge is 0.444 e. The fourth-order valence-corrected chi connectivity index (χ4v) is 2.75. The standard InChI is InChI=1S/C17H27N3O3/c1-17(2,3)23-16(22)20-10-6-7-13(11-20)19(4)12-15(21)14-8-5-9-18-14/h5,8-9,13,18H,6-7,10-12H2,1-4H3/t13-/m0/s1. The molecule has 1 atom stereocenters. The van der Waals surface area contributed by atoms with Crippen LogP contribution in [0, 0.1) is 0 Å². The molecule has 1 aliphatic heterocycles. The smallest absolute Gasteiger partial charge is 0.410 e. The highest BCUT2D eigenvalue weighted by Crippen LogP contribution is 2.18. The van der Waals surface area contributed by atoms with Crippen molar-refractivity contribution in [2.45, 2.75) is 45.3 Å². The SMILES string of the molecule is CN(CC(=O)c1ccc[nH]1)[C@H]1CCCN(C(=O)OC(C)(C)C)C1. The van der Waals surface area contributed by atoms with E-state index in [2.05, 4.69) is 4.98 Å².